The average Bonchev–Trinajstić information content (AvgIpc) is 2.33. The quantitative estimate of drug-likeness (QED) is 0.735. The molecule has 0 aromatic heterocycles. The van der Waals surface area contributed by atoms with Crippen LogP contribution in [-0.2, 0) is 6.54 Å². The van der Waals surface area contributed by atoms with Gasteiger partial charge in [0.15, 0.2) is 11.5 Å². The number of para-hydroxylation sites is 1. The van der Waals surface area contributed by atoms with Crippen molar-refractivity contribution in [3.8, 4) is 11.5 Å². The summed E-state index contributed by atoms with van der Waals surface area (Å²) in [7, 11) is 0. The molecule has 0 heterocycles. The van der Waals surface area contributed by atoms with Gasteiger partial charge in [0, 0.05) is 18.2 Å². The zero-order valence-corrected chi connectivity index (χ0v) is 9.32. The van der Waals surface area contributed by atoms with Gasteiger partial charge in [0.05, 0.1) is 5.69 Å². The topological polar surface area (TPSA) is 52.5 Å². The molecule has 0 saturated carbocycles. The van der Waals surface area contributed by atoms with Gasteiger partial charge in [0.25, 0.3) is 0 Å². The molecule has 5 heteroatoms. The molecule has 3 N–H and O–H groups in total. The highest BCUT2D eigenvalue weighted by Crippen LogP contribution is 2.28. The molecule has 2 rings (SSSR count). The smallest absolute Gasteiger partial charge is 0.162 e. The van der Waals surface area contributed by atoms with Gasteiger partial charge >= 0.3 is 0 Å². The first kappa shape index (κ1) is 12.2. The lowest BCUT2D eigenvalue weighted by Crippen LogP contribution is -2.02. The fourth-order valence-corrected chi connectivity index (χ4v) is 1.54. The van der Waals surface area contributed by atoms with Gasteiger partial charge in [-0.15, -0.1) is 0 Å². The molecule has 0 spiro atoms. The second-order valence-electron chi connectivity index (χ2n) is 3.76. The highest BCUT2D eigenvalue weighted by Gasteiger charge is 2.07. The molecule has 0 radical (unpaired) electrons. The molecule has 0 aliphatic carbocycles. The minimum Gasteiger partial charge on any atom is -0.504 e. The first-order valence-electron chi connectivity index (χ1n) is 5.26. The Hall–Kier alpha value is -2.30. The summed E-state index contributed by atoms with van der Waals surface area (Å²) in [6.07, 6.45) is 0. The molecule has 0 unspecified atom stereocenters. The first-order valence-corrected chi connectivity index (χ1v) is 5.26. The van der Waals surface area contributed by atoms with Crippen molar-refractivity contribution in [1.29, 1.82) is 0 Å². The fraction of sp³-hybridized carbons (Fsp3) is 0.0769. The number of hydrogen-bond donors (Lipinski definition) is 3. The Morgan fingerprint density at radius 1 is 1.06 bits per heavy atom. The van der Waals surface area contributed by atoms with Crippen LogP contribution in [0.25, 0.3) is 0 Å². The van der Waals surface area contributed by atoms with Crippen LogP contribution in [0.15, 0.2) is 36.4 Å². The van der Waals surface area contributed by atoms with E-state index in [9.17, 15) is 19.0 Å². The number of aromatic hydroxyl groups is 2. The molecule has 0 aliphatic heterocycles. The lowest BCUT2D eigenvalue weighted by Gasteiger charge is -2.09. The molecule has 2 aromatic rings. The number of nitrogens with one attached hydrogen (secondary N) is 1. The number of hydrogen-bond acceptors (Lipinski definition) is 3. The third-order valence-corrected chi connectivity index (χ3v) is 2.50. The number of phenols is 2. The Balaban J connectivity index is 2.14. The van der Waals surface area contributed by atoms with Crippen molar-refractivity contribution in [1.82, 2.24) is 0 Å². The van der Waals surface area contributed by atoms with Gasteiger partial charge in [0.2, 0.25) is 0 Å². The minimum absolute atomic E-state index is 0.114. The van der Waals surface area contributed by atoms with E-state index < -0.39 is 11.6 Å². The molecule has 0 amide bonds. The van der Waals surface area contributed by atoms with Crippen LogP contribution < -0.4 is 5.32 Å². The normalized spacial score (nSPS) is 10.3. The van der Waals surface area contributed by atoms with Crippen molar-refractivity contribution < 1.29 is 19.0 Å². The SMILES string of the molecule is Oc1cccc(CNc2ccc(F)cc2F)c1O. The molecule has 0 aliphatic rings. The maximum atomic E-state index is 13.3. The molecule has 94 valence electrons. The van der Waals surface area contributed by atoms with E-state index in [1.54, 1.807) is 12.1 Å². The van der Waals surface area contributed by atoms with Crippen molar-refractivity contribution >= 4 is 5.69 Å². The van der Waals surface area contributed by atoms with Crippen LogP contribution in [-0.4, -0.2) is 10.2 Å². The number of phenolic OH excluding ortho intramolecular Hbond substituents is 2. The van der Waals surface area contributed by atoms with Crippen LogP contribution in [0.3, 0.4) is 0 Å². The van der Waals surface area contributed by atoms with Crippen molar-refractivity contribution in [2.75, 3.05) is 5.32 Å². The summed E-state index contributed by atoms with van der Waals surface area (Å²) in [5.41, 5.74) is 0.540. The van der Waals surface area contributed by atoms with E-state index in [0.717, 1.165) is 12.1 Å². The Morgan fingerprint density at radius 3 is 2.56 bits per heavy atom. The molecule has 0 saturated heterocycles. The van der Waals surface area contributed by atoms with E-state index >= 15 is 0 Å². The average molecular weight is 251 g/mol. The zero-order chi connectivity index (χ0) is 13.1. The van der Waals surface area contributed by atoms with E-state index in [2.05, 4.69) is 5.32 Å². The minimum atomic E-state index is -0.713. The van der Waals surface area contributed by atoms with Crippen molar-refractivity contribution in [3.05, 3.63) is 53.6 Å². The third kappa shape index (κ3) is 2.51. The molecule has 2 aromatic carbocycles. The monoisotopic (exact) mass is 251 g/mol. The van der Waals surface area contributed by atoms with Crippen LogP contribution >= 0.6 is 0 Å². The van der Waals surface area contributed by atoms with E-state index in [4.69, 9.17) is 0 Å². The standard InChI is InChI=1S/C13H11F2NO2/c14-9-4-5-11(10(15)6-9)16-7-8-2-1-3-12(17)13(8)18/h1-6,16-18H,7H2. The molecule has 18 heavy (non-hydrogen) atoms. The summed E-state index contributed by atoms with van der Waals surface area (Å²) < 4.78 is 26.0. The number of halogens is 2. The molecule has 0 atom stereocenters. The van der Waals surface area contributed by atoms with Crippen LogP contribution in [0.1, 0.15) is 5.56 Å². The summed E-state index contributed by atoms with van der Waals surface area (Å²) >= 11 is 0. The second kappa shape index (κ2) is 4.91. The van der Waals surface area contributed by atoms with Crippen molar-refractivity contribution in [3.63, 3.8) is 0 Å². The number of benzene rings is 2. The largest absolute Gasteiger partial charge is 0.504 e. The third-order valence-electron chi connectivity index (χ3n) is 2.50. The predicted molar refractivity (Wildman–Crippen MR) is 63.5 cm³/mol. The van der Waals surface area contributed by atoms with Crippen LogP contribution in [0.4, 0.5) is 14.5 Å². The van der Waals surface area contributed by atoms with Crippen molar-refractivity contribution in [2.45, 2.75) is 6.54 Å². The second-order valence-corrected chi connectivity index (χ2v) is 3.76. The molecular weight excluding hydrogens is 240 g/mol. The summed E-state index contributed by atoms with van der Waals surface area (Å²) in [5.74, 6) is -1.87. The molecule has 0 fully saturated rings. The number of rotatable bonds is 3. The van der Waals surface area contributed by atoms with Crippen LogP contribution in [0.2, 0.25) is 0 Å². The van der Waals surface area contributed by atoms with Crippen LogP contribution in [0, 0.1) is 11.6 Å². The lowest BCUT2D eigenvalue weighted by atomic mass is 10.2. The van der Waals surface area contributed by atoms with Gasteiger partial charge in [-0.25, -0.2) is 8.78 Å². The highest BCUT2D eigenvalue weighted by atomic mass is 19.1. The van der Waals surface area contributed by atoms with E-state index in [1.807, 2.05) is 0 Å². The van der Waals surface area contributed by atoms with E-state index in [-0.39, 0.29) is 23.7 Å². The maximum Gasteiger partial charge on any atom is 0.162 e. The molecule has 3 nitrogen and oxygen atoms in total. The van der Waals surface area contributed by atoms with Gasteiger partial charge < -0.3 is 15.5 Å². The number of anilines is 1. The Kier molecular flexibility index (Phi) is 3.32. The maximum absolute atomic E-state index is 13.3. The summed E-state index contributed by atoms with van der Waals surface area (Å²) in [4.78, 5) is 0. The summed E-state index contributed by atoms with van der Waals surface area (Å²) in [6.45, 7) is 0.114. The molecular formula is C13H11F2NO2. The highest BCUT2D eigenvalue weighted by molar-refractivity contribution is 5.49. The van der Waals surface area contributed by atoms with Gasteiger partial charge in [-0.2, -0.15) is 0 Å². The lowest BCUT2D eigenvalue weighted by molar-refractivity contribution is 0.400. The Morgan fingerprint density at radius 2 is 1.83 bits per heavy atom. The Bertz CT molecular complexity index is 573. The van der Waals surface area contributed by atoms with Crippen molar-refractivity contribution in [2.24, 2.45) is 0 Å². The van der Waals surface area contributed by atoms with Gasteiger partial charge in [-0.1, -0.05) is 12.1 Å². The fourth-order valence-electron chi connectivity index (χ4n) is 1.54. The van der Waals surface area contributed by atoms with E-state index in [1.165, 1.54) is 12.1 Å². The van der Waals surface area contributed by atoms with Gasteiger partial charge in [0.1, 0.15) is 11.6 Å². The first-order chi connectivity index (χ1) is 8.58. The summed E-state index contributed by atoms with van der Waals surface area (Å²) in [5, 5.41) is 21.5. The van der Waals surface area contributed by atoms with Gasteiger partial charge in [-0.3, -0.25) is 0 Å². The zero-order valence-electron chi connectivity index (χ0n) is 9.32. The Labute approximate surface area is 102 Å². The molecule has 0 bridgehead atoms. The van der Waals surface area contributed by atoms with E-state index in [0.29, 0.717) is 5.56 Å². The predicted octanol–water partition coefficient (Wildman–Crippen LogP) is 2.99. The van der Waals surface area contributed by atoms with Gasteiger partial charge in [-0.05, 0) is 18.2 Å². The van der Waals surface area contributed by atoms with Crippen LogP contribution in [0.5, 0.6) is 11.5 Å². The summed E-state index contributed by atoms with van der Waals surface area (Å²) in [6, 6.07) is 7.66.